The second-order valence-corrected chi connectivity index (χ2v) is 6.45. The van der Waals surface area contributed by atoms with E-state index in [0.717, 1.165) is 11.6 Å². The largest absolute Gasteiger partial charge is 0.398 e. The molecule has 0 radical (unpaired) electrons. The lowest BCUT2D eigenvalue weighted by Crippen LogP contribution is -2.16. The van der Waals surface area contributed by atoms with Crippen LogP contribution in [0.15, 0.2) is 35.2 Å². The summed E-state index contributed by atoms with van der Waals surface area (Å²) in [6.07, 6.45) is 0. The number of rotatable bonds is 3. The number of sulfonamides is 1. The molecular formula is C13H11ClF2N2O2S. The molecule has 0 aliphatic carbocycles. The molecule has 0 atom stereocenters. The molecule has 0 aliphatic heterocycles. The molecule has 2 aromatic carbocycles. The first kappa shape index (κ1) is 15.5. The zero-order valence-corrected chi connectivity index (χ0v) is 12.4. The average molecular weight is 333 g/mol. The van der Waals surface area contributed by atoms with E-state index in [1.54, 1.807) is 13.0 Å². The fraction of sp³-hybridized carbons (Fsp3) is 0.0769. The average Bonchev–Trinajstić information content (AvgIpc) is 2.33. The van der Waals surface area contributed by atoms with E-state index in [2.05, 4.69) is 0 Å². The zero-order valence-electron chi connectivity index (χ0n) is 10.8. The van der Waals surface area contributed by atoms with Gasteiger partial charge in [0.25, 0.3) is 10.0 Å². The molecule has 0 saturated carbocycles. The predicted octanol–water partition coefficient (Wildman–Crippen LogP) is 3.31. The summed E-state index contributed by atoms with van der Waals surface area (Å²) in [6, 6.07) is 5.65. The van der Waals surface area contributed by atoms with Crippen LogP contribution in [-0.4, -0.2) is 8.42 Å². The molecule has 0 aromatic heterocycles. The van der Waals surface area contributed by atoms with Crippen LogP contribution in [0.4, 0.5) is 20.2 Å². The van der Waals surface area contributed by atoms with Gasteiger partial charge in [-0.3, -0.25) is 4.72 Å². The molecular weight excluding hydrogens is 322 g/mol. The van der Waals surface area contributed by atoms with E-state index >= 15 is 0 Å². The van der Waals surface area contributed by atoms with Crippen LogP contribution in [0.1, 0.15) is 5.56 Å². The fourth-order valence-electron chi connectivity index (χ4n) is 1.74. The lowest BCUT2D eigenvalue weighted by atomic mass is 10.2. The molecule has 0 aliphatic rings. The molecule has 0 spiro atoms. The Hall–Kier alpha value is -1.86. The van der Waals surface area contributed by atoms with Crippen LogP contribution in [-0.2, 0) is 10.0 Å². The maximum absolute atomic E-state index is 13.6. The van der Waals surface area contributed by atoms with Crippen molar-refractivity contribution in [1.82, 2.24) is 0 Å². The maximum atomic E-state index is 13.6. The molecule has 2 rings (SSSR count). The number of hydrogen-bond acceptors (Lipinski definition) is 3. The number of halogens is 3. The molecule has 0 bridgehead atoms. The standard InChI is InChI=1S/C13H11ClF2N2O2S/c1-7-2-3-12(11(17)4-7)21(19,20)18-13-9(14)5-8(15)6-10(13)16/h2-6,18H,17H2,1H3. The van der Waals surface area contributed by atoms with Gasteiger partial charge in [-0.1, -0.05) is 17.7 Å². The number of aryl methyl sites for hydroxylation is 1. The van der Waals surface area contributed by atoms with Crippen molar-refractivity contribution in [1.29, 1.82) is 0 Å². The molecule has 112 valence electrons. The van der Waals surface area contributed by atoms with E-state index in [4.69, 9.17) is 17.3 Å². The number of benzene rings is 2. The van der Waals surface area contributed by atoms with E-state index in [1.165, 1.54) is 12.1 Å². The van der Waals surface area contributed by atoms with Crippen LogP contribution in [0.25, 0.3) is 0 Å². The molecule has 0 saturated heterocycles. The summed E-state index contributed by atoms with van der Waals surface area (Å²) in [6.45, 7) is 1.75. The highest BCUT2D eigenvalue weighted by molar-refractivity contribution is 7.92. The minimum Gasteiger partial charge on any atom is -0.398 e. The highest BCUT2D eigenvalue weighted by atomic mass is 35.5. The van der Waals surface area contributed by atoms with Crippen LogP contribution in [0.2, 0.25) is 5.02 Å². The first-order chi connectivity index (χ1) is 9.70. The molecule has 0 unspecified atom stereocenters. The molecule has 0 fully saturated rings. The topological polar surface area (TPSA) is 72.2 Å². The van der Waals surface area contributed by atoms with Gasteiger partial charge in [-0.25, -0.2) is 17.2 Å². The van der Waals surface area contributed by atoms with Gasteiger partial charge >= 0.3 is 0 Å². The van der Waals surface area contributed by atoms with E-state index < -0.39 is 27.3 Å². The van der Waals surface area contributed by atoms with E-state index in [9.17, 15) is 17.2 Å². The van der Waals surface area contributed by atoms with Crippen LogP contribution < -0.4 is 10.5 Å². The number of hydrogen-bond donors (Lipinski definition) is 2. The fourth-order valence-corrected chi connectivity index (χ4v) is 3.24. The van der Waals surface area contributed by atoms with Crippen molar-refractivity contribution < 1.29 is 17.2 Å². The Labute approximate surface area is 125 Å². The molecule has 21 heavy (non-hydrogen) atoms. The first-order valence-corrected chi connectivity index (χ1v) is 7.60. The third kappa shape index (κ3) is 3.25. The van der Waals surface area contributed by atoms with Crippen molar-refractivity contribution >= 4 is 33.0 Å². The van der Waals surface area contributed by atoms with Gasteiger partial charge in [-0.15, -0.1) is 0 Å². The molecule has 0 amide bonds. The summed E-state index contributed by atoms with van der Waals surface area (Å²) in [5.74, 6) is -2.02. The number of nitrogen functional groups attached to an aromatic ring is 1. The van der Waals surface area contributed by atoms with Crippen LogP contribution in [0.5, 0.6) is 0 Å². The van der Waals surface area contributed by atoms with E-state index in [-0.39, 0.29) is 15.6 Å². The van der Waals surface area contributed by atoms with Crippen molar-refractivity contribution in [3.05, 3.63) is 52.6 Å². The molecule has 0 heterocycles. The van der Waals surface area contributed by atoms with Crippen molar-refractivity contribution in [3.8, 4) is 0 Å². The molecule has 2 aromatic rings. The van der Waals surface area contributed by atoms with Crippen molar-refractivity contribution in [2.24, 2.45) is 0 Å². The minimum atomic E-state index is -4.14. The van der Waals surface area contributed by atoms with Gasteiger partial charge in [0.1, 0.15) is 16.4 Å². The van der Waals surface area contributed by atoms with Crippen molar-refractivity contribution in [2.75, 3.05) is 10.5 Å². The summed E-state index contributed by atoms with van der Waals surface area (Å²) in [7, 11) is -4.14. The Bertz CT molecular complexity index is 787. The number of anilines is 2. The lowest BCUT2D eigenvalue weighted by molar-refractivity contribution is 0.583. The third-order valence-electron chi connectivity index (χ3n) is 2.70. The maximum Gasteiger partial charge on any atom is 0.264 e. The SMILES string of the molecule is Cc1ccc(S(=O)(=O)Nc2c(F)cc(F)cc2Cl)c(N)c1. The second-order valence-electron chi connectivity index (χ2n) is 4.39. The van der Waals surface area contributed by atoms with Gasteiger partial charge in [0.05, 0.1) is 10.7 Å². The lowest BCUT2D eigenvalue weighted by Gasteiger charge is -2.12. The molecule has 4 nitrogen and oxygen atoms in total. The van der Waals surface area contributed by atoms with E-state index in [0.29, 0.717) is 6.07 Å². The van der Waals surface area contributed by atoms with Gasteiger partial charge < -0.3 is 5.73 Å². The zero-order chi connectivity index (χ0) is 15.8. The smallest absolute Gasteiger partial charge is 0.264 e. The normalized spacial score (nSPS) is 11.4. The van der Waals surface area contributed by atoms with Crippen LogP contribution >= 0.6 is 11.6 Å². The Kier molecular flexibility index (Phi) is 4.06. The Morgan fingerprint density at radius 3 is 2.43 bits per heavy atom. The van der Waals surface area contributed by atoms with Gasteiger partial charge in [0.15, 0.2) is 5.82 Å². The Morgan fingerprint density at radius 2 is 1.86 bits per heavy atom. The van der Waals surface area contributed by atoms with Crippen molar-refractivity contribution in [3.63, 3.8) is 0 Å². The quantitative estimate of drug-likeness (QED) is 0.847. The summed E-state index contributed by atoms with van der Waals surface area (Å²) in [5.41, 5.74) is 5.92. The monoisotopic (exact) mass is 332 g/mol. The minimum absolute atomic E-state index is 0.0149. The highest BCUT2D eigenvalue weighted by Crippen LogP contribution is 2.30. The van der Waals surface area contributed by atoms with Gasteiger partial charge in [-0.2, -0.15) is 0 Å². The number of nitrogens with two attached hydrogens (primary N) is 1. The summed E-state index contributed by atoms with van der Waals surface area (Å²) < 4.78 is 53.0. The summed E-state index contributed by atoms with van der Waals surface area (Å²) in [5, 5.41) is -0.387. The van der Waals surface area contributed by atoms with Crippen LogP contribution in [0, 0.1) is 18.6 Å². The Balaban J connectivity index is 2.47. The first-order valence-electron chi connectivity index (χ1n) is 5.74. The van der Waals surface area contributed by atoms with Gasteiger partial charge in [0, 0.05) is 6.07 Å². The van der Waals surface area contributed by atoms with Gasteiger partial charge in [0.2, 0.25) is 0 Å². The Morgan fingerprint density at radius 1 is 1.19 bits per heavy atom. The number of nitrogens with one attached hydrogen (secondary N) is 1. The predicted molar refractivity (Wildman–Crippen MR) is 77.8 cm³/mol. The third-order valence-corrected chi connectivity index (χ3v) is 4.42. The van der Waals surface area contributed by atoms with Crippen LogP contribution in [0.3, 0.4) is 0 Å². The molecule has 3 N–H and O–H groups in total. The van der Waals surface area contributed by atoms with Gasteiger partial charge in [-0.05, 0) is 30.7 Å². The molecule has 8 heteroatoms. The van der Waals surface area contributed by atoms with Crippen molar-refractivity contribution in [2.45, 2.75) is 11.8 Å². The summed E-state index contributed by atoms with van der Waals surface area (Å²) in [4.78, 5) is -0.215. The summed E-state index contributed by atoms with van der Waals surface area (Å²) >= 11 is 5.66. The highest BCUT2D eigenvalue weighted by Gasteiger charge is 2.21. The second kappa shape index (κ2) is 5.50. The van der Waals surface area contributed by atoms with E-state index in [1.807, 2.05) is 4.72 Å².